The second-order valence-corrected chi connectivity index (χ2v) is 7.68. The summed E-state index contributed by atoms with van der Waals surface area (Å²) in [5.74, 6) is 0.784. The molecule has 0 atom stereocenters. The maximum absolute atomic E-state index is 12.7. The largest absolute Gasteiger partial charge is 0.494 e. The molecule has 0 radical (unpaired) electrons. The van der Waals surface area contributed by atoms with Crippen LogP contribution in [0.4, 0.5) is 5.13 Å². The summed E-state index contributed by atoms with van der Waals surface area (Å²) in [6.45, 7) is 4.42. The minimum Gasteiger partial charge on any atom is -0.494 e. The number of nitrogens with one attached hydrogen (secondary N) is 1. The molecule has 0 bridgehead atoms. The fourth-order valence-corrected chi connectivity index (χ4v) is 4.03. The van der Waals surface area contributed by atoms with Crippen LogP contribution >= 0.6 is 27.3 Å². The predicted molar refractivity (Wildman–Crippen MR) is 107 cm³/mol. The van der Waals surface area contributed by atoms with Gasteiger partial charge in [0.1, 0.15) is 11.3 Å². The van der Waals surface area contributed by atoms with E-state index in [1.807, 2.05) is 50.2 Å². The summed E-state index contributed by atoms with van der Waals surface area (Å²) in [6.07, 6.45) is 0. The number of carbonyl (C=O) groups is 1. The van der Waals surface area contributed by atoms with E-state index in [2.05, 4.69) is 26.2 Å². The number of ether oxygens (including phenoxy) is 1. The summed E-state index contributed by atoms with van der Waals surface area (Å²) in [6, 6.07) is 11.4. The van der Waals surface area contributed by atoms with Crippen molar-refractivity contribution in [1.82, 2.24) is 4.98 Å². The van der Waals surface area contributed by atoms with Crippen LogP contribution < -0.4 is 10.1 Å². The van der Waals surface area contributed by atoms with Gasteiger partial charge in [0.05, 0.1) is 16.8 Å². The summed E-state index contributed by atoms with van der Waals surface area (Å²) in [7, 11) is 0. The van der Waals surface area contributed by atoms with Crippen LogP contribution in [0.1, 0.15) is 23.0 Å². The molecule has 132 valence electrons. The highest BCUT2D eigenvalue weighted by Crippen LogP contribution is 2.31. The lowest BCUT2D eigenvalue weighted by molar-refractivity contribution is 0.0998. The molecule has 4 rings (SSSR count). The number of hydrogen-bond acceptors (Lipinski definition) is 5. The van der Waals surface area contributed by atoms with Crippen molar-refractivity contribution in [3.8, 4) is 5.75 Å². The average molecular weight is 431 g/mol. The van der Waals surface area contributed by atoms with Crippen molar-refractivity contribution in [1.29, 1.82) is 0 Å². The molecular weight excluding hydrogens is 416 g/mol. The van der Waals surface area contributed by atoms with Gasteiger partial charge in [-0.15, -0.1) is 0 Å². The van der Waals surface area contributed by atoms with Gasteiger partial charge in [-0.2, -0.15) is 0 Å². The zero-order valence-electron chi connectivity index (χ0n) is 14.1. The Morgan fingerprint density at radius 2 is 2.15 bits per heavy atom. The minimum atomic E-state index is -0.307. The highest BCUT2D eigenvalue weighted by atomic mass is 79.9. The summed E-state index contributed by atoms with van der Waals surface area (Å²) >= 11 is 4.85. The first-order valence-corrected chi connectivity index (χ1v) is 9.69. The van der Waals surface area contributed by atoms with E-state index in [0.717, 1.165) is 31.4 Å². The Bertz CT molecular complexity index is 1130. The fraction of sp³-hybridized carbons (Fsp3) is 0.158. The summed E-state index contributed by atoms with van der Waals surface area (Å²) < 4.78 is 13.1. The van der Waals surface area contributed by atoms with Crippen LogP contribution in [-0.4, -0.2) is 17.5 Å². The maximum atomic E-state index is 12.7. The topological polar surface area (TPSA) is 64.4 Å². The number of amides is 1. The van der Waals surface area contributed by atoms with E-state index in [-0.39, 0.29) is 5.91 Å². The Morgan fingerprint density at radius 1 is 1.31 bits per heavy atom. The van der Waals surface area contributed by atoms with Gasteiger partial charge in [0.2, 0.25) is 0 Å². The molecule has 2 heterocycles. The molecule has 5 nitrogen and oxygen atoms in total. The average Bonchev–Trinajstić information content (AvgIpc) is 3.15. The van der Waals surface area contributed by atoms with Crippen molar-refractivity contribution in [2.75, 3.05) is 11.9 Å². The number of carbonyl (C=O) groups excluding carboxylic acids is 1. The quantitative estimate of drug-likeness (QED) is 0.446. The number of anilines is 1. The molecule has 0 spiro atoms. The molecule has 2 aromatic heterocycles. The van der Waals surface area contributed by atoms with E-state index in [4.69, 9.17) is 9.15 Å². The molecule has 0 fully saturated rings. The molecule has 2 aromatic carbocycles. The summed E-state index contributed by atoms with van der Waals surface area (Å²) in [5.41, 5.74) is 2.30. The number of aromatic nitrogens is 1. The Hall–Kier alpha value is -2.38. The van der Waals surface area contributed by atoms with Crippen LogP contribution in [-0.2, 0) is 0 Å². The third kappa shape index (κ3) is 3.08. The molecule has 0 saturated heterocycles. The van der Waals surface area contributed by atoms with E-state index in [1.165, 1.54) is 11.3 Å². The second kappa shape index (κ2) is 6.74. The normalized spacial score (nSPS) is 11.2. The van der Waals surface area contributed by atoms with E-state index in [9.17, 15) is 4.79 Å². The molecule has 0 saturated carbocycles. The standard InChI is InChI=1S/C19H15BrN2O3S/c1-3-24-12-5-6-14-16(9-12)26-19(21-14)22-18(23)17-10(2)13-8-11(20)4-7-15(13)25-17/h4-9H,3H2,1-2H3,(H,21,22,23). The number of thiazole rings is 1. The number of nitrogens with zero attached hydrogens (tertiary/aromatic N) is 1. The fourth-order valence-electron chi connectivity index (χ4n) is 2.78. The van der Waals surface area contributed by atoms with Crippen LogP contribution in [0.3, 0.4) is 0 Å². The zero-order valence-corrected chi connectivity index (χ0v) is 16.5. The molecule has 1 amide bonds. The molecule has 0 aliphatic carbocycles. The SMILES string of the molecule is CCOc1ccc2nc(NC(=O)c3oc4ccc(Br)cc4c3C)sc2c1. The van der Waals surface area contributed by atoms with Gasteiger partial charge in [-0.25, -0.2) is 4.98 Å². The molecular formula is C19H15BrN2O3S. The van der Waals surface area contributed by atoms with Crippen LogP contribution in [0, 0.1) is 6.92 Å². The van der Waals surface area contributed by atoms with Gasteiger partial charge in [0.25, 0.3) is 5.91 Å². The van der Waals surface area contributed by atoms with Gasteiger partial charge < -0.3 is 9.15 Å². The lowest BCUT2D eigenvalue weighted by Gasteiger charge is -2.00. The van der Waals surface area contributed by atoms with E-state index < -0.39 is 0 Å². The number of rotatable bonds is 4. The Balaban J connectivity index is 1.63. The number of halogens is 1. The molecule has 0 unspecified atom stereocenters. The summed E-state index contributed by atoms with van der Waals surface area (Å²) in [4.78, 5) is 17.1. The molecule has 7 heteroatoms. The maximum Gasteiger partial charge on any atom is 0.293 e. The Morgan fingerprint density at radius 3 is 2.96 bits per heavy atom. The lowest BCUT2D eigenvalue weighted by Crippen LogP contribution is -2.11. The van der Waals surface area contributed by atoms with E-state index in [0.29, 0.717) is 23.1 Å². The van der Waals surface area contributed by atoms with E-state index in [1.54, 1.807) is 0 Å². The number of hydrogen-bond donors (Lipinski definition) is 1. The molecule has 26 heavy (non-hydrogen) atoms. The van der Waals surface area contributed by atoms with Crippen molar-refractivity contribution in [3.05, 3.63) is 52.2 Å². The lowest BCUT2D eigenvalue weighted by atomic mass is 10.1. The molecule has 4 aromatic rings. The number of aryl methyl sites for hydroxylation is 1. The highest BCUT2D eigenvalue weighted by Gasteiger charge is 2.19. The molecule has 1 N–H and O–H groups in total. The molecule has 0 aliphatic heterocycles. The van der Waals surface area contributed by atoms with Gasteiger partial charge in [-0.1, -0.05) is 27.3 Å². The van der Waals surface area contributed by atoms with Crippen LogP contribution in [0.15, 0.2) is 45.3 Å². The first-order valence-electron chi connectivity index (χ1n) is 8.08. The first kappa shape index (κ1) is 17.1. The second-order valence-electron chi connectivity index (χ2n) is 5.73. The highest BCUT2D eigenvalue weighted by molar-refractivity contribution is 9.10. The summed E-state index contributed by atoms with van der Waals surface area (Å²) in [5, 5.41) is 4.28. The van der Waals surface area contributed by atoms with Gasteiger partial charge >= 0.3 is 0 Å². The van der Waals surface area contributed by atoms with Crippen molar-refractivity contribution in [3.63, 3.8) is 0 Å². The number of furan rings is 1. The third-order valence-electron chi connectivity index (χ3n) is 4.00. The Labute approximate surface area is 162 Å². The van der Waals surface area contributed by atoms with Gasteiger partial charge in [-0.3, -0.25) is 10.1 Å². The van der Waals surface area contributed by atoms with Crippen molar-refractivity contribution >= 4 is 59.5 Å². The van der Waals surface area contributed by atoms with Crippen molar-refractivity contribution in [2.45, 2.75) is 13.8 Å². The van der Waals surface area contributed by atoms with Crippen LogP contribution in [0.2, 0.25) is 0 Å². The smallest absolute Gasteiger partial charge is 0.293 e. The van der Waals surface area contributed by atoms with Crippen molar-refractivity contribution in [2.24, 2.45) is 0 Å². The number of benzene rings is 2. The minimum absolute atomic E-state index is 0.298. The van der Waals surface area contributed by atoms with Gasteiger partial charge in [0, 0.05) is 15.4 Å². The van der Waals surface area contributed by atoms with Crippen molar-refractivity contribution < 1.29 is 13.9 Å². The van der Waals surface area contributed by atoms with Gasteiger partial charge in [0.15, 0.2) is 10.9 Å². The monoisotopic (exact) mass is 430 g/mol. The van der Waals surface area contributed by atoms with Crippen LogP contribution in [0.5, 0.6) is 5.75 Å². The Kier molecular flexibility index (Phi) is 4.42. The van der Waals surface area contributed by atoms with E-state index >= 15 is 0 Å². The van der Waals surface area contributed by atoms with Gasteiger partial charge in [-0.05, 0) is 50.2 Å². The predicted octanol–water partition coefficient (Wildman–Crippen LogP) is 5.76. The zero-order chi connectivity index (χ0) is 18.3. The third-order valence-corrected chi connectivity index (χ3v) is 5.42. The number of fused-ring (bicyclic) bond motifs is 2. The molecule has 0 aliphatic rings. The van der Waals surface area contributed by atoms with Crippen LogP contribution in [0.25, 0.3) is 21.2 Å². The first-order chi connectivity index (χ1) is 12.5.